The average molecular weight is 517 g/mol. The fourth-order valence-electron chi connectivity index (χ4n) is 5.49. The molecular formula is C24H29BrN4O4. The number of hydrogen-bond donors (Lipinski definition) is 3. The van der Waals surface area contributed by atoms with Crippen molar-refractivity contribution in [1.82, 2.24) is 15.1 Å². The minimum Gasteiger partial charge on any atom is -0.479 e. The van der Waals surface area contributed by atoms with Crippen molar-refractivity contribution in [2.45, 2.75) is 52.2 Å². The summed E-state index contributed by atoms with van der Waals surface area (Å²) in [6, 6.07) is 7.46. The van der Waals surface area contributed by atoms with Gasteiger partial charge in [-0.05, 0) is 57.5 Å². The SMILES string of the molecule is C[C@H]1[C@H](Nc2cnn(CC(=O)NC(C(=O)O)c3ccccc3)c(=O)c2Br)C[C@H]2C[C@@H]1C2(C)C. The standard InChI is InChI=1S/C24H29BrN4O4/c1-13-16-9-15(24(16,2)3)10-17(13)27-18-11-26-29(22(31)20(18)25)12-19(30)28-21(23(32)33)14-7-5-4-6-8-14/h4-8,11,13,15-17,21,27H,9-10,12H2,1-3H3,(H,28,30)(H,32,33)/t13-,15-,16+,17-,21?/m1/s1. The molecule has 2 aromatic rings. The van der Waals surface area contributed by atoms with Gasteiger partial charge in [-0.15, -0.1) is 0 Å². The normalized spacial score (nSPS) is 26.1. The number of nitrogens with zero attached hydrogens (tertiary/aromatic N) is 2. The third kappa shape index (κ3) is 4.43. The van der Waals surface area contributed by atoms with Crippen molar-refractivity contribution in [1.29, 1.82) is 0 Å². The van der Waals surface area contributed by atoms with Crippen molar-refractivity contribution in [3.8, 4) is 0 Å². The summed E-state index contributed by atoms with van der Waals surface area (Å²) in [6.45, 7) is 6.56. The lowest BCUT2D eigenvalue weighted by molar-refractivity contribution is -0.142. The van der Waals surface area contributed by atoms with E-state index in [1.807, 2.05) is 0 Å². The molecule has 8 nitrogen and oxygen atoms in total. The number of carbonyl (C=O) groups excluding carboxylic acids is 1. The lowest BCUT2D eigenvalue weighted by Gasteiger charge is -2.62. The average Bonchev–Trinajstić information content (AvgIpc) is 2.78. The number of fused-ring (bicyclic) bond motifs is 2. The van der Waals surface area contributed by atoms with E-state index in [4.69, 9.17) is 0 Å². The maximum atomic E-state index is 12.8. The van der Waals surface area contributed by atoms with Gasteiger partial charge >= 0.3 is 5.97 Å². The van der Waals surface area contributed by atoms with E-state index in [2.05, 4.69) is 52.4 Å². The Kier molecular flexibility index (Phi) is 6.35. The van der Waals surface area contributed by atoms with Crippen molar-refractivity contribution in [3.63, 3.8) is 0 Å². The van der Waals surface area contributed by atoms with E-state index in [0.29, 0.717) is 38.9 Å². The van der Waals surface area contributed by atoms with Crippen LogP contribution in [0.4, 0.5) is 5.69 Å². The molecule has 0 spiro atoms. The van der Waals surface area contributed by atoms with Crippen LogP contribution in [0.1, 0.15) is 45.2 Å². The van der Waals surface area contributed by atoms with Gasteiger partial charge in [0.2, 0.25) is 5.91 Å². The van der Waals surface area contributed by atoms with Crippen LogP contribution in [-0.4, -0.2) is 32.8 Å². The van der Waals surface area contributed by atoms with Crippen LogP contribution in [0.15, 0.2) is 45.8 Å². The van der Waals surface area contributed by atoms with E-state index in [9.17, 15) is 19.5 Å². The molecule has 33 heavy (non-hydrogen) atoms. The number of carboxylic acid groups (broad SMARTS) is 1. The summed E-state index contributed by atoms with van der Waals surface area (Å²) in [5.41, 5.74) is 0.982. The Morgan fingerprint density at radius 3 is 2.58 bits per heavy atom. The monoisotopic (exact) mass is 516 g/mol. The molecule has 1 aromatic carbocycles. The van der Waals surface area contributed by atoms with Crippen molar-refractivity contribution >= 4 is 33.5 Å². The zero-order chi connectivity index (χ0) is 23.9. The summed E-state index contributed by atoms with van der Waals surface area (Å²) in [7, 11) is 0. The minimum absolute atomic E-state index is 0.264. The maximum Gasteiger partial charge on any atom is 0.330 e. The van der Waals surface area contributed by atoms with Crippen LogP contribution in [-0.2, 0) is 16.1 Å². The van der Waals surface area contributed by atoms with E-state index in [1.54, 1.807) is 36.5 Å². The molecule has 5 rings (SSSR count). The van der Waals surface area contributed by atoms with Gasteiger partial charge in [-0.3, -0.25) is 9.59 Å². The predicted molar refractivity (Wildman–Crippen MR) is 128 cm³/mol. The molecule has 3 N–H and O–H groups in total. The number of amides is 1. The summed E-state index contributed by atoms with van der Waals surface area (Å²) in [5.74, 6) is 0.0290. The molecule has 5 atom stereocenters. The number of nitrogens with one attached hydrogen (secondary N) is 2. The van der Waals surface area contributed by atoms with Gasteiger partial charge in [0.25, 0.3) is 5.56 Å². The lowest BCUT2D eigenvalue weighted by atomic mass is 9.45. The predicted octanol–water partition coefficient (Wildman–Crippen LogP) is 3.43. The van der Waals surface area contributed by atoms with Gasteiger partial charge in [0.05, 0.1) is 11.9 Å². The molecule has 3 aliphatic carbocycles. The summed E-state index contributed by atoms with van der Waals surface area (Å²) < 4.78 is 1.34. The third-order valence-electron chi connectivity index (χ3n) is 7.66. The largest absolute Gasteiger partial charge is 0.479 e. The molecule has 3 fully saturated rings. The third-order valence-corrected chi connectivity index (χ3v) is 8.42. The first-order chi connectivity index (χ1) is 15.6. The Morgan fingerprint density at radius 2 is 1.97 bits per heavy atom. The Balaban J connectivity index is 1.44. The van der Waals surface area contributed by atoms with Crippen molar-refractivity contribution in [3.05, 3.63) is 56.9 Å². The molecule has 1 heterocycles. The molecule has 0 aliphatic heterocycles. The smallest absolute Gasteiger partial charge is 0.330 e. The number of aromatic nitrogens is 2. The molecule has 3 aliphatic rings. The topological polar surface area (TPSA) is 113 Å². The Morgan fingerprint density at radius 1 is 1.27 bits per heavy atom. The first kappa shape index (κ1) is 23.5. The minimum atomic E-state index is -1.21. The molecule has 3 saturated carbocycles. The number of carboxylic acids is 1. The second-order valence-electron chi connectivity index (χ2n) is 9.79. The number of halogens is 1. The Labute approximate surface area is 200 Å². The zero-order valence-corrected chi connectivity index (χ0v) is 20.5. The van der Waals surface area contributed by atoms with Gasteiger partial charge in [0.1, 0.15) is 11.0 Å². The molecule has 1 amide bonds. The second-order valence-corrected chi connectivity index (χ2v) is 10.6. The summed E-state index contributed by atoms with van der Waals surface area (Å²) in [5, 5.41) is 19.6. The fraction of sp³-hybridized carbons (Fsp3) is 0.500. The highest BCUT2D eigenvalue weighted by Crippen LogP contribution is 2.61. The maximum absolute atomic E-state index is 12.8. The zero-order valence-electron chi connectivity index (χ0n) is 18.9. The quantitative estimate of drug-likeness (QED) is 0.519. The molecule has 1 unspecified atom stereocenters. The number of carbonyl (C=O) groups is 2. The van der Waals surface area contributed by atoms with Crippen LogP contribution in [0, 0.1) is 23.2 Å². The number of anilines is 1. The van der Waals surface area contributed by atoms with E-state index in [0.717, 1.165) is 11.1 Å². The lowest BCUT2D eigenvalue weighted by Crippen LogP contribution is -2.58. The van der Waals surface area contributed by atoms with Crippen LogP contribution < -0.4 is 16.2 Å². The first-order valence-electron chi connectivity index (χ1n) is 11.2. The van der Waals surface area contributed by atoms with Gasteiger partial charge in [-0.2, -0.15) is 5.10 Å². The fourth-order valence-corrected chi connectivity index (χ4v) is 5.92. The number of aliphatic carboxylic acids is 1. The number of rotatable bonds is 7. The Hall–Kier alpha value is -2.68. The second kappa shape index (κ2) is 8.93. The van der Waals surface area contributed by atoms with E-state index < -0.39 is 23.5 Å². The van der Waals surface area contributed by atoms with Gasteiger partial charge in [0.15, 0.2) is 6.04 Å². The van der Waals surface area contributed by atoms with Gasteiger partial charge in [-0.25, -0.2) is 9.48 Å². The van der Waals surface area contributed by atoms with Crippen LogP contribution >= 0.6 is 15.9 Å². The van der Waals surface area contributed by atoms with Crippen LogP contribution in [0.5, 0.6) is 0 Å². The van der Waals surface area contributed by atoms with Crippen molar-refractivity contribution in [2.24, 2.45) is 23.2 Å². The summed E-state index contributed by atoms with van der Waals surface area (Å²) in [6.07, 6.45) is 3.87. The molecular weight excluding hydrogens is 488 g/mol. The van der Waals surface area contributed by atoms with Crippen LogP contribution in [0.25, 0.3) is 0 Å². The molecule has 0 radical (unpaired) electrons. The van der Waals surface area contributed by atoms with Gasteiger partial charge < -0.3 is 15.7 Å². The number of hydrogen-bond acceptors (Lipinski definition) is 5. The Bertz CT molecular complexity index is 1120. The highest BCUT2D eigenvalue weighted by molar-refractivity contribution is 9.10. The van der Waals surface area contributed by atoms with E-state index in [-0.39, 0.29) is 12.6 Å². The number of benzene rings is 1. The molecule has 9 heteroatoms. The highest BCUT2D eigenvalue weighted by atomic mass is 79.9. The van der Waals surface area contributed by atoms with Gasteiger partial charge in [-0.1, -0.05) is 51.1 Å². The first-order valence-corrected chi connectivity index (χ1v) is 12.0. The molecule has 176 valence electrons. The van der Waals surface area contributed by atoms with Crippen LogP contribution in [0.2, 0.25) is 0 Å². The molecule has 1 aromatic heterocycles. The highest BCUT2D eigenvalue weighted by Gasteiger charge is 2.56. The summed E-state index contributed by atoms with van der Waals surface area (Å²) in [4.78, 5) is 37.0. The van der Waals surface area contributed by atoms with E-state index in [1.165, 1.54) is 6.42 Å². The molecule has 0 saturated heterocycles. The van der Waals surface area contributed by atoms with Crippen molar-refractivity contribution in [2.75, 3.05) is 5.32 Å². The summed E-state index contributed by atoms with van der Waals surface area (Å²) >= 11 is 3.37. The van der Waals surface area contributed by atoms with E-state index >= 15 is 0 Å². The van der Waals surface area contributed by atoms with Crippen molar-refractivity contribution < 1.29 is 14.7 Å². The van der Waals surface area contributed by atoms with Crippen LogP contribution in [0.3, 0.4) is 0 Å². The van der Waals surface area contributed by atoms with Gasteiger partial charge in [0, 0.05) is 6.04 Å². The molecule has 2 bridgehead atoms.